The Morgan fingerprint density at radius 3 is 2.53 bits per heavy atom. The Morgan fingerprint density at radius 2 is 1.95 bits per heavy atom. The molecule has 0 bridgehead atoms. The average Bonchev–Trinajstić information content (AvgIpc) is 2.43. The molecule has 1 aromatic rings. The molecular formula is C16H28N2O. The van der Waals surface area contributed by atoms with Gasteiger partial charge in [-0.25, -0.2) is 0 Å². The standard InChI is InChI=1S/C16H28N2O/c1-4-14(2)18(10-11-19-3)13-16(17)12-15-8-6-5-7-9-15/h5-9,14,16H,4,10-13,17H2,1-3H3. The van der Waals surface area contributed by atoms with Gasteiger partial charge in [-0.3, -0.25) is 4.90 Å². The summed E-state index contributed by atoms with van der Waals surface area (Å²) in [6, 6.07) is 11.2. The lowest BCUT2D eigenvalue weighted by molar-refractivity contribution is 0.118. The predicted molar refractivity (Wildman–Crippen MR) is 81.3 cm³/mol. The summed E-state index contributed by atoms with van der Waals surface area (Å²) in [6.07, 6.45) is 2.07. The van der Waals surface area contributed by atoms with Crippen LogP contribution in [-0.2, 0) is 11.2 Å². The molecule has 1 rings (SSSR count). The van der Waals surface area contributed by atoms with E-state index in [0.29, 0.717) is 6.04 Å². The van der Waals surface area contributed by atoms with Crippen molar-refractivity contribution in [2.75, 3.05) is 26.8 Å². The van der Waals surface area contributed by atoms with Crippen LogP contribution < -0.4 is 5.73 Å². The second kappa shape index (κ2) is 9.08. The summed E-state index contributed by atoms with van der Waals surface area (Å²) in [4.78, 5) is 2.43. The van der Waals surface area contributed by atoms with E-state index < -0.39 is 0 Å². The highest BCUT2D eigenvalue weighted by molar-refractivity contribution is 5.15. The topological polar surface area (TPSA) is 38.5 Å². The van der Waals surface area contributed by atoms with Crippen molar-refractivity contribution in [1.82, 2.24) is 4.90 Å². The first-order chi connectivity index (χ1) is 9.17. The molecule has 0 radical (unpaired) electrons. The number of ether oxygens (including phenoxy) is 1. The third kappa shape index (κ3) is 6.19. The molecule has 2 unspecified atom stereocenters. The third-order valence-corrected chi connectivity index (χ3v) is 3.61. The first-order valence-electron chi connectivity index (χ1n) is 7.19. The number of rotatable bonds is 9. The van der Waals surface area contributed by atoms with Gasteiger partial charge in [0.05, 0.1) is 6.61 Å². The molecule has 1 aromatic carbocycles. The van der Waals surface area contributed by atoms with Crippen molar-refractivity contribution in [3.63, 3.8) is 0 Å². The summed E-state index contributed by atoms with van der Waals surface area (Å²) in [6.45, 7) is 7.11. The van der Waals surface area contributed by atoms with Crippen molar-refractivity contribution >= 4 is 0 Å². The largest absolute Gasteiger partial charge is 0.383 e. The van der Waals surface area contributed by atoms with Crippen LogP contribution in [0.15, 0.2) is 30.3 Å². The van der Waals surface area contributed by atoms with E-state index in [-0.39, 0.29) is 6.04 Å². The summed E-state index contributed by atoms with van der Waals surface area (Å²) in [5, 5.41) is 0. The minimum absolute atomic E-state index is 0.174. The Morgan fingerprint density at radius 1 is 1.26 bits per heavy atom. The lowest BCUT2D eigenvalue weighted by Gasteiger charge is -2.30. The maximum Gasteiger partial charge on any atom is 0.0589 e. The number of nitrogens with zero attached hydrogens (tertiary/aromatic N) is 1. The number of hydrogen-bond donors (Lipinski definition) is 1. The second-order valence-corrected chi connectivity index (χ2v) is 5.19. The van der Waals surface area contributed by atoms with Crippen LogP contribution in [-0.4, -0.2) is 43.8 Å². The van der Waals surface area contributed by atoms with Crippen LogP contribution in [0.5, 0.6) is 0 Å². The van der Waals surface area contributed by atoms with E-state index >= 15 is 0 Å². The third-order valence-electron chi connectivity index (χ3n) is 3.61. The van der Waals surface area contributed by atoms with Crippen molar-refractivity contribution in [2.45, 2.75) is 38.8 Å². The van der Waals surface area contributed by atoms with Crippen LogP contribution in [0.3, 0.4) is 0 Å². The van der Waals surface area contributed by atoms with Gasteiger partial charge in [-0.15, -0.1) is 0 Å². The predicted octanol–water partition coefficient (Wildman–Crippen LogP) is 2.30. The van der Waals surface area contributed by atoms with Crippen LogP contribution in [0.2, 0.25) is 0 Å². The molecule has 0 amide bonds. The molecule has 0 saturated carbocycles. The highest BCUT2D eigenvalue weighted by Crippen LogP contribution is 2.07. The Kier molecular flexibility index (Phi) is 7.72. The zero-order valence-corrected chi connectivity index (χ0v) is 12.5. The Labute approximate surface area is 117 Å². The van der Waals surface area contributed by atoms with Gasteiger partial charge in [0, 0.05) is 32.3 Å². The molecule has 0 aromatic heterocycles. The van der Waals surface area contributed by atoms with Crippen molar-refractivity contribution in [2.24, 2.45) is 5.73 Å². The molecule has 0 saturated heterocycles. The molecule has 3 heteroatoms. The molecule has 0 aliphatic carbocycles. The zero-order valence-electron chi connectivity index (χ0n) is 12.5. The molecule has 0 aliphatic heterocycles. The Hall–Kier alpha value is -0.900. The molecule has 108 valence electrons. The van der Waals surface area contributed by atoms with Crippen LogP contribution in [0.1, 0.15) is 25.8 Å². The van der Waals surface area contributed by atoms with Gasteiger partial charge in [-0.2, -0.15) is 0 Å². The maximum absolute atomic E-state index is 6.29. The monoisotopic (exact) mass is 264 g/mol. The van der Waals surface area contributed by atoms with Crippen LogP contribution in [0.4, 0.5) is 0 Å². The summed E-state index contributed by atoms with van der Waals surface area (Å²) < 4.78 is 5.18. The van der Waals surface area contributed by atoms with Gasteiger partial charge in [0.1, 0.15) is 0 Å². The summed E-state index contributed by atoms with van der Waals surface area (Å²) >= 11 is 0. The molecule has 0 fully saturated rings. The first kappa shape index (κ1) is 16.2. The van der Waals surface area contributed by atoms with Gasteiger partial charge in [-0.05, 0) is 25.3 Å². The molecule has 2 atom stereocenters. The SMILES string of the molecule is CCC(C)N(CCOC)CC(N)Cc1ccccc1. The fourth-order valence-corrected chi connectivity index (χ4v) is 2.24. The van der Waals surface area contributed by atoms with E-state index in [4.69, 9.17) is 10.5 Å². The van der Waals surface area contributed by atoms with Gasteiger partial charge >= 0.3 is 0 Å². The van der Waals surface area contributed by atoms with Gasteiger partial charge in [0.2, 0.25) is 0 Å². The maximum atomic E-state index is 6.29. The van der Waals surface area contributed by atoms with Crippen molar-refractivity contribution in [3.8, 4) is 0 Å². The summed E-state index contributed by atoms with van der Waals surface area (Å²) in [5.74, 6) is 0. The van der Waals surface area contributed by atoms with Gasteiger partial charge in [-0.1, -0.05) is 37.3 Å². The lowest BCUT2D eigenvalue weighted by atomic mass is 10.1. The smallest absolute Gasteiger partial charge is 0.0589 e. The molecule has 19 heavy (non-hydrogen) atoms. The second-order valence-electron chi connectivity index (χ2n) is 5.19. The van der Waals surface area contributed by atoms with E-state index in [2.05, 4.69) is 43.0 Å². The summed E-state index contributed by atoms with van der Waals surface area (Å²) in [7, 11) is 1.75. The fourth-order valence-electron chi connectivity index (χ4n) is 2.24. The Bertz CT molecular complexity index is 329. The van der Waals surface area contributed by atoms with E-state index in [9.17, 15) is 0 Å². The highest BCUT2D eigenvalue weighted by Gasteiger charge is 2.15. The van der Waals surface area contributed by atoms with E-state index in [1.807, 2.05) is 6.07 Å². The molecule has 0 aliphatic rings. The van der Waals surface area contributed by atoms with Crippen molar-refractivity contribution < 1.29 is 4.74 Å². The molecule has 0 spiro atoms. The lowest BCUT2D eigenvalue weighted by Crippen LogP contribution is -2.44. The van der Waals surface area contributed by atoms with E-state index in [1.165, 1.54) is 5.56 Å². The first-order valence-corrected chi connectivity index (χ1v) is 7.19. The van der Waals surface area contributed by atoms with Crippen molar-refractivity contribution in [1.29, 1.82) is 0 Å². The van der Waals surface area contributed by atoms with Crippen LogP contribution in [0, 0.1) is 0 Å². The van der Waals surface area contributed by atoms with Crippen molar-refractivity contribution in [3.05, 3.63) is 35.9 Å². The van der Waals surface area contributed by atoms with Gasteiger partial charge < -0.3 is 10.5 Å². The normalized spacial score (nSPS) is 14.6. The molecular weight excluding hydrogens is 236 g/mol. The number of nitrogens with two attached hydrogens (primary N) is 1. The highest BCUT2D eigenvalue weighted by atomic mass is 16.5. The fraction of sp³-hybridized carbons (Fsp3) is 0.625. The minimum Gasteiger partial charge on any atom is -0.383 e. The number of benzene rings is 1. The Balaban J connectivity index is 2.48. The van der Waals surface area contributed by atoms with Gasteiger partial charge in [0.25, 0.3) is 0 Å². The molecule has 0 heterocycles. The minimum atomic E-state index is 0.174. The number of methoxy groups -OCH3 is 1. The van der Waals surface area contributed by atoms with E-state index in [0.717, 1.165) is 32.5 Å². The van der Waals surface area contributed by atoms with E-state index in [1.54, 1.807) is 7.11 Å². The zero-order chi connectivity index (χ0) is 14.1. The van der Waals surface area contributed by atoms with Crippen LogP contribution >= 0.6 is 0 Å². The molecule has 3 nitrogen and oxygen atoms in total. The summed E-state index contributed by atoms with van der Waals surface area (Å²) in [5.41, 5.74) is 7.60. The average molecular weight is 264 g/mol. The molecule has 2 N–H and O–H groups in total. The number of hydrogen-bond acceptors (Lipinski definition) is 3. The van der Waals surface area contributed by atoms with Crippen LogP contribution in [0.25, 0.3) is 0 Å². The van der Waals surface area contributed by atoms with Gasteiger partial charge in [0.15, 0.2) is 0 Å². The quantitative estimate of drug-likeness (QED) is 0.744.